The van der Waals surface area contributed by atoms with E-state index < -0.39 is 0 Å². The highest BCUT2D eigenvalue weighted by atomic mass is 35.5. The number of hydrogen-bond acceptors (Lipinski definition) is 1. The highest BCUT2D eigenvalue weighted by Gasteiger charge is 2.14. The Balaban J connectivity index is 1.98. The maximum absolute atomic E-state index is 11.8. The van der Waals surface area contributed by atoms with E-state index >= 15 is 0 Å². The molecule has 0 heterocycles. The first-order valence-electron chi connectivity index (χ1n) is 5.88. The van der Waals surface area contributed by atoms with Crippen LogP contribution in [0.4, 0.5) is 5.69 Å². The molecule has 1 aliphatic rings. The largest absolute Gasteiger partial charge is 0.326 e. The average molecular weight is 250 g/mol. The van der Waals surface area contributed by atoms with Crippen LogP contribution in [-0.4, -0.2) is 5.91 Å². The van der Waals surface area contributed by atoms with Crippen LogP contribution < -0.4 is 5.32 Å². The molecule has 0 aliphatic heterocycles. The van der Waals surface area contributed by atoms with Crippen molar-refractivity contribution in [3.05, 3.63) is 40.9 Å². The molecule has 0 bridgehead atoms. The van der Waals surface area contributed by atoms with Gasteiger partial charge in [0.05, 0.1) is 0 Å². The quantitative estimate of drug-likeness (QED) is 0.808. The third-order valence-corrected chi connectivity index (χ3v) is 3.51. The fourth-order valence-electron chi connectivity index (χ4n) is 2.05. The van der Waals surface area contributed by atoms with Gasteiger partial charge in [0, 0.05) is 17.1 Å². The van der Waals surface area contributed by atoms with Crippen LogP contribution in [0, 0.1) is 12.8 Å². The number of carbonyl (C=O) groups is 1. The van der Waals surface area contributed by atoms with Crippen LogP contribution in [0.25, 0.3) is 0 Å². The van der Waals surface area contributed by atoms with Crippen LogP contribution in [-0.2, 0) is 4.79 Å². The minimum Gasteiger partial charge on any atom is -0.326 e. The van der Waals surface area contributed by atoms with Crippen LogP contribution in [0.3, 0.4) is 0 Å². The Morgan fingerprint density at radius 2 is 2.35 bits per heavy atom. The fourth-order valence-corrected chi connectivity index (χ4v) is 2.22. The van der Waals surface area contributed by atoms with Gasteiger partial charge >= 0.3 is 0 Å². The van der Waals surface area contributed by atoms with E-state index in [4.69, 9.17) is 11.6 Å². The molecule has 17 heavy (non-hydrogen) atoms. The van der Waals surface area contributed by atoms with Gasteiger partial charge in [-0.25, -0.2) is 0 Å². The van der Waals surface area contributed by atoms with Crippen molar-refractivity contribution in [3.63, 3.8) is 0 Å². The van der Waals surface area contributed by atoms with E-state index in [1.165, 1.54) is 0 Å². The monoisotopic (exact) mass is 249 g/mol. The number of anilines is 1. The van der Waals surface area contributed by atoms with Gasteiger partial charge in [0.1, 0.15) is 0 Å². The lowest BCUT2D eigenvalue weighted by molar-refractivity contribution is -0.116. The zero-order valence-electron chi connectivity index (χ0n) is 9.87. The number of hydrogen-bond donors (Lipinski definition) is 1. The molecule has 3 heteroatoms. The minimum absolute atomic E-state index is 0.0620. The minimum atomic E-state index is 0.0620. The third-order valence-electron chi connectivity index (χ3n) is 3.10. The van der Waals surface area contributed by atoms with Crippen LogP contribution >= 0.6 is 11.6 Å². The molecular weight excluding hydrogens is 234 g/mol. The van der Waals surface area contributed by atoms with Gasteiger partial charge in [-0.3, -0.25) is 4.79 Å². The van der Waals surface area contributed by atoms with Gasteiger partial charge < -0.3 is 5.32 Å². The molecule has 1 N–H and O–H groups in total. The second-order valence-corrected chi connectivity index (χ2v) is 4.84. The molecule has 0 spiro atoms. The lowest BCUT2D eigenvalue weighted by Gasteiger charge is -2.11. The zero-order chi connectivity index (χ0) is 12.3. The SMILES string of the molecule is Cc1c(Cl)cccc1NC(=O)CC1C=CCC1. The maximum Gasteiger partial charge on any atom is 0.224 e. The van der Waals surface area contributed by atoms with Crippen molar-refractivity contribution in [2.24, 2.45) is 5.92 Å². The third kappa shape index (κ3) is 3.10. The van der Waals surface area contributed by atoms with Gasteiger partial charge in [0.25, 0.3) is 0 Å². The summed E-state index contributed by atoms with van der Waals surface area (Å²) in [6, 6.07) is 5.55. The summed E-state index contributed by atoms with van der Waals surface area (Å²) in [5.74, 6) is 0.460. The highest BCUT2D eigenvalue weighted by Crippen LogP contribution is 2.25. The standard InChI is InChI=1S/C14H16ClNO/c1-10-12(15)7-4-8-13(10)16-14(17)9-11-5-2-3-6-11/h2,4-5,7-8,11H,3,6,9H2,1H3,(H,16,17). The number of halogens is 1. The molecule has 2 nitrogen and oxygen atoms in total. The van der Waals surface area contributed by atoms with Crippen LogP contribution in [0.2, 0.25) is 5.02 Å². The number of benzene rings is 1. The molecule has 90 valence electrons. The molecule has 1 atom stereocenters. The zero-order valence-corrected chi connectivity index (χ0v) is 10.6. The molecule has 0 saturated carbocycles. The lowest BCUT2D eigenvalue weighted by Crippen LogP contribution is -2.15. The summed E-state index contributed by atoms with van der Waals surface area (Å²) in [5, 5.41) is 3.60. The summed E-state index contributed by atoms with van der Waals surface area (Å²) in [6.45, 7) is 1.91. The summed E-state index contributed by atoms with van der Waals surface area (Å²) in [4.78, 5) is 11.8. The molecule has 0 fully saturated rings. The Morgan fingerprint density at radius 1 is 1.53 bits per heavy atom. The van der Waals surface area contributed by atoms with Crippen LogP contribution in [0.1, 0.15) is 24.8 Å². The van der Waals surface area contributed by atoms with Crippen molar-refractivity contribution in [1.82, 2.24) is 0 Å². The fraction of sp³-hybridized carbons (Fsp3) is 0.357. The first kappa shape index (κ1) is 12.2. The average Bonchev–Trinajstić information content (AvgIpc) is 2.77. The molecule has 1 amide bonds. The molecule has 1 unspecified atom stereocenters. The summed E-state index contributed by atoms with van der Waals surface area (Å²) in [5.41, 5.74) is 1.73. The maximum atomic E-state index is 11.8. The second kappa shape index (κ2) is 5.37. The summed E-state index contributed by atoms with van der Waals surface area (Å²) < 4.78 is 0. The van der Waals surface area contributed by atoms with E-state index in [1.807, 2.05) is 25.1 Å². The van der Waals surface area contributed by atoms with E-state index in [1.54, 1.807) is 0 Å². The number of carbonyl (C=O) groups excluding carboxylic acids is 1. The molecule has 2 rings (SSSR count). The van der Waals surface area contributed by atoms with Crippen molar-refractivity contribution in [1.29, 1.82) is 0 Å². The Morgan fingerprint density at radius 3 is 3.06 bits per heavy atom. The van der Waals surface area contributed by atoms with Crippen molar-refractivity contribution in [2.75, 3.05) is 5.32 Å². The van der Waals surface area contributed by atoms with Gasteiger partial charge in [-0.15, -0.1) is 0 Å². The van der Waals surface area contributed by atoms with Gasteiger partial charge in [-0.1, -0.05) is 29.8 Å². The van der Waals surface area contributed by atoms with Crippen LogP contribution in [0.5, 0.6) is 0 Å². The summed E-state index contributed by atoms with van der Waals surface area (Å²) in [7, 11) is 0. The predicted octanol–water partition coefficient (Wildman–Crippen LogP) is 3.94. The molecule has 0 radical (unpaired) electrons. The second-order valence-electron chi connectivity index (χ2n) is 4.43. The van der Waals surface area contributed by atoms with E-state index in [0.717, 1.165) is 24.1 Å². The van der Waals surface area contributed by atoms with Crippen molar-refractivity contribution in [2.45, 2.75) is 26.2 Å². The summed E-state index contributed by atoms with van der Waals surface area (Å²) >= 11 is 6.01. The number of allylic oxidation sites excluding steroid dienone is 2. The Hall–Kier alpha value is -1.28. The van der Waals surface area contributed by atoms with Crippen molar-refractivity contribution in [3.8, 4) is 0 Å². The molecule has 1 aliphatic carbocycles. The van der Waals surface area contributed by atoms with Crippen molar-refractivity contribution < 1.29 is 4.79 Å². The number of nitrogens with one attached hydrogen (secondary N) is 1. The Bertz CT molecular complexity index is 454. The van der Waals surface area contributed by atoms with Crippen molar-refractivity contribution >= 4 is 23.2 Å². The first-order valence-corrected chi connectivity index (χ1v) is 6.26. The molecule has 1 aromatic carbocycles. The lowest BCUT2D eigenvalue weighted by atomic mass is 10.0. The molecule has 0 saturated heterocycles. The number of rotatable bonds is 3. The van der Waals surface area contributed by atoms with Gasteiger partial charge in [-0.05, 0) is 43.4 Å². The van der Waals surface area contributed by atoms with E-state index in [0.29, 0.717) is 17.4 Å². The van der Waals surface area contributed by atoms with Crippen LogP contribution in [0.15, 0.2) is 30.4 Å². The van der Waals surface area contributed by atoms with Gasteiger partial charge in [0.2, 0.25) is 5.91 Å². The first-order chi connectivity index (χ1) is 8.16. The Labute approximate surface area is 107 Å². The van der Waals surface area contributed by atoms with Gasteiger partial charge in [0.15, 0.2) is 0 Å². The van der Waals surface area contributed by atoms with E-state index in [2.05, 4.69) is 17.5 Å². The topological polar surface area (TPSA) is 29.1 Å². The molecule has 0 aromatic heterocycles. The molecular formula is C14H16ClNO. The summed E-state index contributed by atoms with van der Waals surface area (Å²) in [6.07, 6.45) is 7.01. The normalized spacial score (nSPS) is 18.4. The smallest absolute Gasteiger partial charge is 0.224 e. The van der Waals surface area contributed by atoms with Gasteiger partial charge in [-0.2, -0.15) is 0 Å². The van der Waals surface area contributed by atoms with E-state index in [-0.39, 0.29) is 5.91 Å². The number of amides is 1. The Kier molecular flexibility index (Phi) is 3.85. The van der Waals surface area contributed by atoms with E-state index in [9.17, 15) is 4.79 Å². The highest BCUT2D eigenvalue weighted by molar-refractivity contribution is 6.31. The molecule has 1 aromatic rings. The predicted molar refractivity (Wildman–Crippen MR) is 71.3 cm³/mol.